The maximum absolute atomic E-state index is 13.0. The average Bonchev–Trinajstić information content (AvgIpc) is 2.97. The van der Waals surface area contributed by atoms with Gasteiger partial charge in [-0.2, -0.15) is 0 Å². The second kappa shape index (κ2) is 12.0. The number of carbonyl (C=O) groups excluding carboxylic acids is 1. The number of benzene rings is 5. The number of hydrogen-bond donors (Lipinski definition) is 1. The van der Waals surface area contributed by atoms with E-state index in [0.717, 1.165) is 33.4 Å². The summed E-state index contributed by atoms with van der Waals surface area (Å²) in [6.45, 7) is 3.22. The molecule has 5 aromatic rings. The number of nitrogens with one attached hydrogen (secondary N) is 1. The van der Waals surface area contributed by atoms with Crippen molar-refractivity contribution < 1.29 is 19.0 Å². The Morgan fingerprint density at radius 3 is 2.16 bits per heavy atom. The summed E-state index contributed by atoms with van der Waals surface area (Å²) in [5.74, 6) is 1.99. The van der Waals surface area contributed by atoms with Crippen molar-refractivity contribution in [1.29, 1.82) is 0 Å². The van der Waals surface area contributed by atoms with Gasteiger partial charge in [0.15, 0.2) is 0 Å². The first kappa shape index (κ1) is 24.9. The molecule has 0 radical (unpaired) electrons. The Balaban J connectivity index is 1.24. The molecule has 0 atom stereocenters. The Morgan fingerprint density at radius 1 is 0.658 bits per heavy atom. The lowest BCUT2D eigenvalue weighted by molar-refractivity contribution is 0.102. The van der Waals surface area contributed by atoms with E-state index in [1.807, 2.05) is 104 Å². The summed E-state index contributed by atoms with van der Waals surface area (Å²) in [7, 11) is 0. The third kappa shape index (κ3) is 6.31. The zero-order chi connectivity index (χ0) is 26.2. The minimum atomic E-state index is -0.210. The largest absolute Gasteiger partial charge is 0.493 e. The lowest BCUT2D eigenvalue weighted by Gasteiger charge is -2.14. The Hall–Kier alpha value is -4.77. The zero-order valence-electron chi connectivity index (χ0n) is 21.2. The van der Waals surface area contributed by atoms with Crippen LogP contribution in [0.2, 0.25) is 0 Å². The van der Waals surface area contributed by atoms with E-state index in [4.69, 9.17) is 14.2 Å². The van der Waals surface area contributed by atoms with Crippen LogP contribution in [0.1, 0.15) is 28.4 Å². The van der Waals surface area contributed by atoms with E-state index in [-0.39, 0.29) is 12.5 Å². The first-order valence-corrected chi connectivity index (χ1v) is 12.6. The smallest absolute Gasteiger partial charge is 0.255 e. The van der Waals surface area contributed by atoms with Crippen LogP contribution in [-0.4, -0.2) is 12.5 Å². The highest BCUT2D eigenvalue weighted by molar-refractivity contribution is 6.04. The van der Waals surface area contributed by atoms with E-state index in [0.29, 0.717) is 30.2 Å². The van der Waals surface area contributed by atoms with Gasteiger partial charge in [-0.05, 0) is 77.9 Å². The molecule has 0 aliphatic rings. The van der Waals surface area contributed by atoms with Gasteiger partial charge in [0, 0.05) is 16.8 Å². The first-order chi connectivity index (χ1) is 18.7. The van der Waals surface area contributed by atoms with E-state index in [1.54, 1.807) is 6.07 Å². The van der Waals surface area contributed by atoms with Crippen LogP contribution in [0.3, 0.4) is 0 Å². The highest BCUT2D eigenvalue weighted by atomic mass is 16.5. The lowest BCUT2D eigenvalue weighted by Crippen LogP contribution is -2.13. The maximum atomic E-state index is 13.0. The van der Waals surface area contributed by atoms with Crippen LogP contribution in [0.15, 0.2) is 115 Å². The number of ether oxygens (including phenoxy) is 3. The molecule has 1 amide bonds. The van der Waals surface area contributed by atoms with Crippen LogP contribution in [-0.2, 0) is 13.2 Å². The molecule has 0 saturated carbocycles. The highest BCUT2D eigenvalue weighted by Crippen LogP contribution is 2.26. The molecule has 1 N–H and O–H groups in total. The summed E-state index contributed by atoms with van der Waals surface area (Å²) >= 11 is 0. The number of fused-ring (bicyclic) bond motifs is 1. The zero-order valence-corrected chi connectivity index (χ0v) is 21.2. The molecule has 5 aromatic carbocycles. The van der Waals surface area contributed by atoms with E-state index < -0.39 is 0 Å². The molecule has 38 heavy (non-hydrogen) atoms. The summed E-state index contributed by atoms with van der Waals surface area (Å²) in [4.78, 5) is 13.0. The molecule has 0 unspecified atom stereocenters. The monoisotopic (exact) mass is 503 g/mol. The number of rotatable bonds is 10. The van der Waals surface area contributed by atoms with Crippen LogP contribution >= 0.6 is 0 Å². The Morgan fingerprint density at radius 2 is 1.37 bits per heavy atom. The van der Waals surface area contributed by atoms with Gasteiger partial charge in [-0.3, -0.25) is 4.79 Å². The molecule has 5 heteroatoms. The molecule has 0 spiro atoms. The molecule has 0 heterocycles. The molecule has 0 fully saturated rings. The average molecular weight is 504 g/mol. The fourth-order valence-corrected chi connectivity index (χ4v) is 4.13. The van der Waals surface area contributed by atoms with Gasteiger partial charge in [-0.25, -0.2) is 0 Å². The summed E-state index contributed by atoms with van der Waals surface area (Å²) < 4.78 is 17.7. The predicted octanol–water partition coefficient (Wildman–Crippen LogP) is 7.65. The molecule has 190 valence electrons. The normalized spacial score (nSPS) is 10.7. The second-order valence-corrected chi connectivity index (χ2v) is 8.81. The maximum Gasteiger partial charge on any atom is 0.255 e. The van der Waals surface area contributed by atoms with Gasteiger partial charge in [0.25, 0.3) is 5.91 Å². The molecule has 5 rings (SSSR count). The van der Waals surface area contributed by atoms with Gasteiger partial charge in [0.2, 0.25) is 0 Å². The summed E-state index contributed by atoms with van der Waals surface area (Å²) in [6.07, 6.45) is 0. The van der Waals surface area contributed by atoms with Gasteiger partial charge in [0.05, 0.1) is 6.61 Å². The highest BCUT2D eigenvalue weighted by Gasteiger charge is 2.12. The second-order valence-electron chi connectivity index (χ2n) is 8.81. The van der Waals surface area contributed by atoms with E-state index in [2.05, 4.69) is 17.4 Å². The molecule has 0 aliphatic heterocycles. The van der Waals surface area contributed by atoms with Crippen molar-refractivity contribution >= 4 is 22.4 Å². The fraction of sp³-hybridized carbons (Fsp3) is 0.121. The minimum Gasteiger partial charge on any atom is -0.493 e. The molecule has 5 nitrogen and oxygen atoms in total. The van der Waals surface area contributed by atoms with Crippen LogP contribution < -0.4 is 19.5 Å². The summed E-state index contributed by atoms with van der Waals surface area (Å²) in [6, 6.07) is 36.9. The van der Waals surface area contributed by atoms with Gasteiger partial charge in [-0.15, -0.1) is 0 Å². The van der Waals surface area contributed by atoms with Gasteiger partial charge < -0.3 is 19.5 Å². The predicted molar refractivity (Wildman–Crippen MR) is 151 cm³/mol. The molecule has 0 saturated heterocycles. The SMILES string of the molecule is CCOc1ccc(C(=O)Nc2ccc(OCc3ccccc3)cc2)cc1COc1ccc2ccccc2c1. The van der Waals surface area contributed by atoms with Crippen molar-refractivity contribution in [2.45, 2.75) is 20.1 Å². The Kier molecular flexibility index (Phi) is 7.85. The van der Waals surface area contributed by atoms with E-state index in [1.165, 1.54) is 0 Å². The number of amides is 1. The van der Waals surface area contributed by atoms with Crippen molar-refractivity contribution in [3.63, 3.8) is 0 Å². The molecular weight excluding hydrogens is 474 g/mol. The summed E-state index contributed by atoms with van der Waals surface area (Å²) in [5.41, 5.74) is 3.11. The van der Waals surface area contributed by atoms with Gasteiger partial charge in [0.1, 0.15) is 30.5 Å². The standard InChI is InChI=1S/C33H29NO4/c1-2-36-32-19-13-27(20-28(32)23-38-31-16-12-25-10-6-7-11-26(25)21-31)33(35)34-29-14-17-30(18-15-29)37-22-24-8-4-3-5-9-24/h3-21H,2,22-23H2,1H3,(H,34,35). The number of hydrogen-bond acceptors (Lipinski definition) is 4. The summed E-state index contributed by atoms with van der Waals surface area (Å²) in [5, 5.41) is 5.22. The van der Waals surface area contributed by atoms with Crippen molar-refractivity contribution in [3.05, 3.63) is 132 Å². The van der Waals surface area contributed by atoms with Gasteiger partial charge in [-0.1, -0.05) is 60.7 Å². The van der Waals surface area contributed by atoms with E-state index >= 15 is 0 Å². The van der Waals surface area contributed by atoms with Crippen LogP contribution in [0.5, 0.6) is 17.2 Å². The number of anilines is 1. The molecule has 0 aliphatic carbocycles. The van der Waals surface area contributed by atoms with Crippen LogP contribution in [0.25, 0.3) is 10.8 Å². The molecule has 0 aromatic heterocycles. The number of carbonyl (C=O) groups is 1. The van der Waals surface area contributed by atoms with Gasteiger partial charge >= 0.3 is 0 Å². The van der Waals surface area contributed by atoms with Crippen molar-refractivity contribution in [1.82, 2.24) is 0 Å². The molecule has 0 bridgehead atoms. The van der Waals surface area contributed by atoms with Crippen LogP contribution in [0, 0.1) is 0 Å². The van der Waals surface area contributed by atoms with Crippen molar-refractivity contribution in [2.75, 3.05) is 11.9 Å². The Labute approximate surface area is 222 Å². The molecular formula is C33H29NO4. The lowest BCUT2D eigenvalue weighted by atomic mass is 10.1. The van der Waals surface area contributed by atoms with Crippen LogP contribution in [0.4, 0.5) is 5.69 Å². The van der Waals surface area contributed by atoms with Crippen molar-refractivity contribution in [2.24, 2.45) is 0 Å². The third-order valence-electron chi connectivity index (χ3n) is 6.10. The third-order valence-corrected chi connectivity index (χ3v) is 6.10. The Bertz CT molecular complexity index is 1510. The van der Waals surface area contributed by atoms with E-state index in [9.17, 15) is 4.79 Å². The fourth-order valence-electron chi connectivity index (χ4n) is 4.13. The topological polar surface area (TPSA) is 56.8 Å². The van der Waals surface area contributed by atoms with Crippen molar-refractivity contribution in [3.8, 4) is 17.2 Å². The first-order valence-electron chi connectivity index (χ1n) is 12.6. The quantitative estimate of drug-likeness (QED) is 0.213. The minimum absolute atomic E-state index is 0.210.